The molecular formula is C17H23ClFNO3. The Kier molecular flexibility index (Phi) is 5.21. The Balaban J connectivity index is 1.95. The van der Waals surface area contributed by atoms with Gasteiger partial charge in [0.2, 0.25) is 0 Å². The van der Waals surface area contributed by atoms with Crippen molar-refractivity contribution >= 4 is 17.7 Å². The molecule has 1 atom stereocenters. The summed E-state index contributed by atoms with van der Waals surface area (Å²) in [6, 6.07) is 4.55. The molecular weight excluding hydrogens is 321 g/mol. The van der Waals surface area contributed by atoms with Crippen molar-refractivity contribution in [3.8, 4) is 0 Å². The highest BCUT2D eigenvalue weighted by Crippen LogP contribution is 2.29. The van der Waals surface area contributed by atoms with Gasteiger partial charge in [-0.1, -0.05) is 17.7 Å². The van der Waals surface area contributed by atoms with E-state index in [-0.39, 0.29) is 18.5 Å². The van der Waals surface area contributed by atoms with Crippen molar-refractivity contribution in [2.24, 2.45) is 0 Å². The van der Waals surface area contributed by atoms with Gasteiger partial charge in [-0.2, -0.15) is 0 Å². The normalized spacial score (nSPS) is 21.6. The highest BCUT2D eigenvalue weighted by molar-refractivity contribution is 6.31. The van der Waals surface area contributed by atoms with E-state index in [0.717, 1.165) is 0 Å². The quantitative estimate of drug-likeness (QED) is 0.816. The molecule has 1 saturated heterocycles. The molecule has 0 N–H and O–H groups in total. The molecule has 0 saturated carbocycles. The molecule has 1 fully saturated rings. The molecule has 1 unspecified atom stereocenters. The number of likely N-dealkylation sites (tertiary alicyclic amines) is 1. The fourth-order valence-corrected chi connectivity index (χ4v) is 2.67. The van der Waals surface area contributed by atoms with E-state index in [1.807, 2.05) is 27.7 Å². The maximum atomic E-state index is 13.8. The third-order valence-corrected chi connectivity index (χ3v) is 4.07. The van der Waals surface area contributed by atoms with Gasteiger partial charge in [-0.25, -0.2) is 9.18 Å². The van der Waals surface area contributed by atoms with E-state index in [1.54, 1.807) is 17.0 Å². The van der Waals surface area contributed by atoms with E-state index >= 15 is 0 Å². The van der Waals surface area contributed by atoms with Crippen LogP contribution in [0.2, 0.25) is 5.02 Å². The number of benzene rings is 1. The average molecular weight is 344 g/mol. The van der Waals surface area contributed by atoms with Gasteiger partial charge in [-0.15, -0.1) is 0 Å². The molecule has 6 heteroatoms. The van der Waals surface area contributed by atoms with E-state index in [4.69, 9.17) is 21.1 Å². The summed E-state index contributed by atoms with van der Waals surface area (Å²) < 4.78 is 25.0. The standard InChI is InChI=1S/C17H23ClFNO3/c1-16(2,3)23-15(21)20-9-8-17(4,11-20)22-10-12-13(18)6-5-7-14(12)19/h5-7H,8-11H2,1-4H3. The highest BCUT2D eigenvalue weighted by Gasteiger charge is 2.38. The molecule has 0 aromatic heterocycles. The second-order valence-electron chi connectivity index (χ2n) is 7.09. The van der Waals surface area contributed by atoms with E-state index in [2.05, 4.69) is 0 Å². The van der Waals surface area contributed by atoms with Crippen molar-refractivity contribution in [1.29, 1.82) is 0 Å². The van der Waals surface area contributed by atoms with Crippen LogP contribution in [0.3, 0.4) is 0 Å². The lowest BCUT2D eigenvalue weighted by Gasteiger charge is -2.27. The molecule has 1 heterocycles. The van der Waals surface area contributed by atoms with Gasteiger partial charge in [0.05, 0.1) is 18.8 Å². The molecule has 1 aromatic carbocycles. The Hall–Kier alpha value is -1.33. The molecule has 0 aliphatic carbocycles. The molecule has 0 bridgehead atoms. The second-order valence-corrected chi connectivity index (χ2v) is 7.50. The summed E-state index contributed by atoms with van der Waals surface area (Å²) in [6.45, 7) is 8.44. The Bertz CT molecular complexity index is 567. The van der Waals surface area contributed by atoms with Crippen molar-refractivity contribution in [1.82, 2.24) is 4.90 Å². The van der Waals surface area contributed by atoms with E-state index in [1.165, 1.54) is 6.07 Å². The van der Waals surface area contributed by atoms with Gasteiger partial charge in [-0.3, -0.25) is 0 Å². The van der Waals surface area contributed by atoms with E-state index < -0.39 is 11.2 Å². The van der Waals surface area contributed by atoms with Crippen molar-refractivity contribution in [2.75, 3.05) is 13.1 Å². The van der Waals surface area contributed by atoms with Crippen molar-refractivity contribution in [3.63, 3.8) is 0 Å². The number of nitrogens with zero attached hydrogens (tertiary/aromatic N) is 1. The molecule has 1 aromatic rings. The fourth-order valence-electron chi connectivity index (χ4n) is 2.45. The molecule has 0 radical (unpaired) electrons. The van der Waals surface area contributed by atoms with Gasteiger partial charge in [-0.05, 0) is 46.2 Å². The first kappa shape index (κ1) is 18.0. The van der Waals surface area contributed by atoms with Gasteiger partial charge in [0.25, 0.3) is 0 Å². The number of halogens is 2. The Morgan fingerprint density at radius 1 is 1.43 bits per heavy atom. The summed E-state index contributed by atoms with van der Waals surface area (Å²) in [5.74, 6) is -0.386. The number of amides is 1. The summed E-state index contributed by atoms with van der Waals surface area (Å²) in [7, 11) is 0. The molecule has 128 valence electrons. The molecule has 1 aliphatic heterocycles. The lowest BCUT2D eigenvalue weighted by molar-refractivity contribution is -0.0383. The molecule has 1 aliphatic rings. The van der Waals surface area contributed by atoms with Crippen LogP contribution in [0, 0.1) is 5.82 Å². The number of carbonyl (C=O) groups excluding carboxylic acids is 1. The van der Waals surface area contributed by atoms with Crippen molar-refractivity contribution in [2.45, 2.75) is 51.9 Å². The monoisotopic (exact) mass is 343 g/mol. The van der Waals surface area contributed by atoms with Crippen LogP contribution in [0.1, 0.15) is 39.7 Å². The topological polar surface area (TPSA) is 38.8 Å². The minimum absolute atomic E-state index is 0.0736. The number of rotatable bonds is 3. The molecule has 1 amide bonds. The number of ether oxygens (including phenoxy) is 2. The maximum Gasteiger partial charge on any atom is 0.410 e. The van der Waals surface area contributed by atoms with E-state index in [9.17, 15) is 9.18 Å². The smallest absolute Gasteiger partial charge is 0.410 e. The zero-order valence-corrected chi connectivity index (χ0v) is 14.7. The zero-order chi connectivity index (χ0) is 17.3. The second kappa shape index (κ2) is 6.65. The van der Waals surface area contributed by atoms with Gasteiger partial charge < -0.3 is 14.4 Å². The lowest BCUT2D eigenvalue weighted by atomic mass is 10.1. The zero-order valence-electron chi connectivity index (χ0n) is 14.0. The van der Waals surface area contributed by atoms with Crippen LogP contribution < -0.4 is 0 Å². The summed E-state index contributed by atoms with van der Waals surface area (Å²) in [6.07, 6.45) is 0.312. The molecule has 4 nitrogen and oxygen atoms in total. The van der Waals surface area contributed by atoms with Gasteiger partial charge in [0.1, 0.15) is 11.4 Å². The Morgan fingerprint density at radius 3 is 2.74 bits per heavy atom. The van der Waals surface area contributed by atoms with Crippen molar-refractivity contribution in [3.05, 3.63) is 34.6 Å². The number of hydrogen-bond acceptors (Lipinski definition) is 3. The van der Waals surface area contributed by atoms with Gasteiger partial charge in [0, 0.05) is 17.1 Å². The summed E-state index contributed by atoms with van der Waals surface area (Å²) >= 11 is 6.01. The predicted octanol–water partition coefficient (Wildman–Crippen LogP) is 4.40. The van der Waals surface area contributed by atoms with Crippen LogP contribution in [0.4, 0.5) is 9.18 Å². The molecule has 2 rings (SSSR count). The highest BCUT2D eigenvalue weighted by atomic mass is 35.5. The van der Waals surface area contributed by atoms with Crippen LogP contribution in [-0.2, 0) is 16.1 Å². The summed E-state index contributed by atoms with van der Waals surface area (Å²) in [4.78, 5) is 13.7. The predicted molar refractivity (Wildman–Crippen MR) is 87.0 cm³/mol. The molecule has 0 spiro atoms. The third-order valence-electron chi connectivity index (χ3n) is 3.71. The summed E-state index contributed by atoms with van der Waals surface area (Å²) in [5, 5.41) is 0.343. The first-order chi connectivity index (χ1) is 10.6. The Labute approximate surface area is 141 Å². The number of hydrogen-bond donors (Lipinski definition) is 0. The van der Waals surface area contributed by atoms with E-state index in [0.29, 0.717) is 30.1 Å². The maximum absolute atomic E-state index is 13.8. The van der Waals surface area contributed by atoms with Crippen LogP contribution >= 0.6 is 11.6 Å². The van der Waals surface area contributed by atoms with Gasteiger partial charge in [0.15, 0.2) is 0 Å². The third kappa shape index (κ3) is 4.82. The minimum atomic E-state index is -0.539. The van der Waals surface area contributed by atoms with Gasteiger partial charge >= 0.3 is 6.09 Å². The summed E-state index contributed by atoms with van der Waals surface area (Å²) in [5.41, 5.74) is -0.730. The average Bonchev–Trinajstić information content (AvgIpc) is 2.79. The SMILES string of the molecule is CC(C)(C)OC(=O)N1CCC(C)(OCc2c(F)cccc2Cl)C1. The molecule has 23 heavy (non-hydrogen) atoms. The van der Waals surface area contributed by atoms with Crippen LogP contribution in [0.5, 0.6) is 0 Å². The first-order valence-corrected chi connectivity index (χ1v) is 8.02. The largest absolute Gasteiger partial charge is 0.444 e. The first-order valence-electron chi connectivity index (χ1n) is 7.64. The lowest BCUT2D eigenvalue weighted by Crippen LogP contribution is -2.39. The van der Waals surface area contributed by atoms with Crippen molar-refractivity contribution < 1.29 is 18.7 Å². The fraction of sp³-hybridized carbons (Fsp3) is 0.588. The Morgan fingerprint density at radius 2 is 2.13 bits per heavy atom. The van der Waals surface area contributed by atoms with Crippen LogP contribution in [-0.4, -0.2) is 35.3 Å². The minimum Gasteiger partial charge on any atom is -0.444 e. The van der Waals surface area contributed by atoms with Crippen LogP contribution in [0.25, 0.3) is 0 Å². The van der Waals surface area contributed by atoms with Crippen LogP contribution in [0.15, 0.2) is 18.2 Å². The number of carbonyl (C=O) groups is 1.